The Morgan fingerprint density at radius 3 is 3.11 bits per heavy atom. The second kappa shape index (κ2) is 6.94. The van der Waals surface area contributed by atoms with Crippen molar-refractivity contribution < 1.29 is 5.11 Å². The Balaban J connectivity index is 1.86. The van der Waals surface area contributed by atoms with Gasteiger partial charge in [0.2, 0.25) is 0 Å². The van der Waals surface area contributed by atoms with Crippen LogP contribution >= 0.6 is 27.7 Å². The summed E-state index contributed by atoms with van der Waals surface area (Å²) in [5, 5.41) is 10.2. The van der Waals surface area contributed by atoms with E-state index in [1.54, 1.807) is 0 Å². The standard InChI is InChI=1S/C14H20BrNOS/c1-11-10-18-8-7-16(11)6-5-14(17)12-3-2-4-13(15)9-12/h2-4,9,11,14,17H,5-8,10H2,1H3. The monoisotopic (exact) mass is 329 g/mol. The van der Waals surface area contributed by atoms with Crippen molar-refractivity contribution in [2.75, 3.05) is 24.6 Å². The first-order valence-corrected chi connectivity index (χ1v) is 8.37. The Hall–Kier alpha value is -0.0300. The van der Waals surface area contributed by atoms with Gasteiger partial charge < -0.3 is 5.11 Å². The van der Waals surface area contributed by atoms with Gasteiger partial charge in [0.1, 0.15) is 0 Å². The fourth-order valence-corrected chi connectivity index (χ4v) is 3.76. The van der Waals surface area contributed by atoms with Crippen molar-refractivity contribution in [1.82, 2.24) is 4.90 Å². The van der Waals surface area contributed by atoms with E-state index in [1.165, 1.54) is 11.5 Å². The summed E-state index contributed by atoms with van der Waals surface area (Å²) in [7, 11) is 0. The second-order valence-corrected chi connectivity index (χ2v) is 6.88. The van der Waals surface area contributed by atoms with Crippen LogP contribution in [0.15, 0.2) is 28.7 Å². The molecule has 2 unspecified atom stereocenters. The number of hydrogen-bond donors (Lipinski definition) is 1. The third-order valence-corrected chi connectivity index (χ3v) is 5.11. The van der Waals surface area contributed by atoms with E-state index in [4.69, 9.17) is 0 Å². The molecule has 1 aliphatic heterocycles. The average molecular weight is 330 g/mol. The molecule has 18 heavy (non-hydrogen) atoms. The number of nitrogens with zero attached hydrogens (tertiary/aromatic N) is 1. The van der Waals surface area contributed by atoms with Gasteiger partial charge >= 0.3 is 0 Å². The van der Waals surface area contributed by atoms with Crippen LogP contribution in [0, 0.1) is 0 Å². The van der Waals surface area contributed by atoms with Crippen molar-refractivity contribution in [3.63, 3.8) is 0 Å². The van der Waals surface area contributed by atoms with Crippen LogP contribution in [-0.2, 0) is 0 Å². The maximum atomic E-state index is 10.2. The zero-order chi connectivity index (χ0) is 13.0. The number of rotatable bonds is 4. The van der Waals surface area contributed by atoms with E-state index in [2.05, 4.69) is 27.8 Å². The first kappa shape index (κ1) is 14.4. The summed E-state index contributed by atoms with van der Waals surface area (Å²) >= 11 is 5.47. The van der Waals surface area contributed by atoms with E-state index >= 15 is 0 Å². The molecule has 0 aromatic heterocycles. The molecule has 0 bridgehead atoms. The van der Waals surface area contributed by atoms with Crippen LogP contribution < -0.4 is 0 Å². The minimum atomic E-state index is -0.357. The molecule has 0 spiro atoms. The number of aliphatic hydroxyl groups excluding tert-OH is 1. The fourth-order valence-electron chi connectivity index (χ4n) is 2.26. The van der Waals surface area contributed by atoms with Gasteiger partial charge in [-0.1, -0.05) is 28.1 Å². The quantitative estimate of drug-likeness (QED) is 0.916. The molecule has 1 aromatic rings. The van der Waals surface area contributed by atoms with E-state index in [0.29, 0.717) is 6.04 Å². The van der Waals surface area contributed by atoms with Crippen molar-refractivity contribution in [3.05, 3.63) is 34.3 Å². The lowest BCUT2D eigenvalue weighted by Gasteiger charge is -2.33. The van der Waals surface area contributed by atoms with Crippen LogP contribution in [0.2, 0.25) is 0 Å². The smallest absolute Gasteiger partial charge is 0.0802 e. The van der Waals surface area contributed by atoms with Crippen LogP contribution in [0.5, 0.6) is 0 Å². The van der Waals surface area contributed by atoms with E-state index in [1.807, 2.05) is 36.0 Å². The number of hydrogen-bond acceptors (Lipinski definition) is 3. The molecule has 1 aliphatic rings. The van der Waals surface area contributed by atoms with Crippen LogP contribution in [0.4, 0.5) is 0 Å². The molecule has 2 atom stereocenters. The van der Waals surface area contributed by atoms with Crippen LogP contribution in [0.1, 0.15) is 25.0 Å². The van der Waals surface area contributed by atoms with Crippen LogP contribution in [0.25, 0.3) is 0 Å². The lowest BCUT2D eigenvalue weighted by molar-refractivity contribution is 0.133. The predicted octanol–water partition coefficient (Wildman–Crippen LogP) is 3.31. The molecule has 2 nitrogen and oxygen atoms in total. The molecule has 0 aliphatic carbocycles. The molecule has 4 heteroatoms. The van der Waals surface area contributed by atoms with Crippen molar-refractivity contribution in [1.29, 1.82) is 0 Å². The Bertz CT molecular complexity index is 388. The molecular formula is C14H20BrNOS. The number of aliphatic hydroxyl groups is 1. The van der Waals surface area contributed by atoms with Gasteiger partial charge in [-0.3, -0.25) is 4.90 Å². The summed E-state index contributed by atoms with van der Waals surface area (Å²) < 4.78 is 1.03. The SMILES string of the molecule is CC1CSCCN1CCC(O)c1cccc(Br)c1. The van der Waals surface area contributed by atoms with Gasteiger partial charge in [0.05, 0.1) is 6.10 Å². The molecule has 0 saturated carbocycles. The zero-order valence-corrected chi connectivity index (χ0v) is 13.1. The summed E-state index contributed by atoms with van der Waals surface area (Å²) in [6.07, 6.45) is 0.454. The molecule has 1 fully saturated rings. The van der Waals surface area contributed by atoms with Gasteiger partial charge in [0.25, 0.3) is 0 Å². The lowest BCUT2D eigenvalue weighted by atomic mass is 10.1. The Kier molecular flexibility index (Phi) is 5.55. The summed E-state index contributed by atoms with van der Waals surface area (Å²) in [6, 6.07) is 8.59. The van der Waals surface area contributed by atoms with Crippen molar-refractivity contribution in [2.45, 2.75) is 25.5 Å². The second-order valence-electron chi connectivity index (χ2n) is 4.82. The van der Waals surface area contributed by atoms with Crippen LogP contribution in [-0.4, -0.2) is 40.6 Å². The highest BCUT2D eigenvalue weighted by atomic mass is 79.9. The van der Waals surface area contributed by atoms with Gasteiger partial charge in [0, 0.05) is 35.1 Å². The summed E-state index contributed by atoms with van der Waals surface area (Å²) in [5.74, 6) is 2.43. The maximum Gasteiger partial charge on any atom is 0.0802 e. The van der Waals surface area contributed by atoms with E-state index < -0.39 is 0 Å². The van der Waals surface area contributed by atoms with Gasteiger partial charge in [-0.05, 0) is 31.0 Å². The lowest BCUT2D eigenvalue weighted by Crippen LogP contribution is -2.41. The third kappa shape index (κ3) is 3.98. The first-order valence-electron chi connectivity index (χ1n) is 6.42. The molecule has 1 N–H and O–H groups in total. The van der Waals surface area contributed by atoms with Gasteiger partial charge in [-0.15, -0.1) is 0 Å². The molecule has 1 aromatic carbocycles. The highest BCUT2D eigenvalue weighted by Crippen LogP contribution is 2.22. The molecule has 1 heterocycles. The third-order valence-electron chi connectivity index (χ3n) is 3.43. The normalized spacial score (nSPS) is 22.9. The topological polar surface area (TPSA) is 23.5 Å². The number of benzene rings is 1. The Morgan fingerprint density at radius 1 is 1.56 bits per heavy atom. The molecular weight excluding hydrogens is 310 g/mol. The predicted molar refractivity (Wildman–Crippen MR) is 82.1 cm³/mol. The van der Waals surface area contributed by atoms with E-state index in [-0.39, 0.29) is 6.10 Å². The number of halogens is 1. The molecule has 0 radical (unpaired) electrons. The van der Waals surface area contributed by atoms with Gasteiger partial charge in [0.15, 0.2) is 0 Å². The Morgan fingerprint density at radius 2 is 2.39 bits per heavy atom. The van der Waals surface area contributed by atoms with E-state index in [0.717, 1.165) is 29.5 Å². The van der Waals surface area contributed by atoms with Crippen LogP contribution in [0.3, 0.4) is 0 Å². The number of thioether (sulfide) groups is 1. The molecule has 0 amide bonds. The first-order chi connectivity index (χ1) is 8.66. The summed E-state index contributed by atoms with van der Waals surface area (Å²) in [4.78, 5) is 2.48. The van der Waals surface area contributed by atoms with Crippen molar-refractivity contribution >= 4 is 27.7 Å². The molecule has 1 saturated heterocycles. The fraction of sp³-hybridized carbons (Fsp3) is 0.571. The minimum absolute atomic E-state index is 0.357. The van der Waals surface area contributed by atoms with E-state index in [9.17, 15) is 5.11 Å². The highest BCUT2D eigenvalue weighted by molar-refractivity contribution is 9.10. The van der Waals surface area contributed by atoms with Crippen molar-refractivity contribution in [3.8, 4) is 0 Å². The summed E-state index contributed by atoms with van der Waals surface area (Å²) in [5.41, 5.74) is 1.00. The summed E-state index contributed by atoms with van der Waals surface area (Å²) in [6.45, 7) is 4.41. The zero-order valence-electron chi connectivity index (χ0n) is 10.7. The minimum Gasteiger partial charge on any atom is -0.388 e. The van der Waals surface area contributed by atoms with Gasteiger partial charge in [-0.25, -0.2) is 0 Å². The molecule has 100 valence electrons. The average Bonchev–Trinajstić information content (AvgIpc) is 2.37. The van der Waals surface area contributed by atoms with Gasteiger partial charge in [-0.2, -0.15) is 11.8 Å². The van der Waals surface area contributed by atoms with Crippen molar-refractivity contribution in [2.24, 2.45) is 0 Å². The maximum absolute atomic E-state index is 10.2. The Labute approximate surface area is 122 Å². The largest absolute Gasteiger partial charge is 0.388 e. The molecule has 2 rings (SSSR count). The highest BCUT2D eigenvalue weighted by Gasteiger charge is 2.19.